The summed E-state index contributed by atoms with van der Waals surface area (Å²) in [6, 6.07) is 9.56. The van der Waals surface area contributed by atoms with E-state index in [1.54, 1.807) is 19.3 Å². The quantitative estimate of drug-likeness (QED) is 0.868. The van der Waals surface area contributed by atoms with Gasteiger partial charge >= 0.3 is 0 Å². The number of hydrogen-bond donors (Lipinski definition) is 1. The van der Waals surface area contributed by atoms with Crippen molar-refractivity contribution in [3.63, 3.8) is 0 Å². The molecule has 2 aromatic heterocycles. The second-order valence-electron chi connectivity index (χ2n) is 5.55. The molecule has 1 N–H and O–H groups in total. The van der Waals surface area contributed by atoms with Crippen molar-refractivity contribution in [1.82, 2.24) is 14.9 Å². The molecule has 23 heavy (non-hydrogen) atoms. The highest BCUT2D eigenvalue weighted by atomic mass is 16.3. The van der Waals surface area contributed by atoms with Crippen LogP contribution in [-0.2, 0) is 6.54 Å². The van der Waals surface area contributed by atoms with Crippen molar-refractivity contribution in [3.8, 4) is 5.75 Å². The van der Waals surface area contributed by atoms with E-state index in [2.05, 4.69) is 24.8 Å². The number of rotatable bonds is 4. The van der Waals surface area contributed by atoms with Crippen molar-refractivity contribution < 1.29 is 5.11 Å². The maximum Gasteiger partial charge on any atom is 0.142 e. The maximum atomic E-state index is 9.75. The summed E-state index contributed by atoms with van der Waals surface area (Å²) in [7, 11) is 1.67. The van der Waals surface area contributed by atoms with Gasteiger partial charge in [0, 0.05) is 46.0 Å². The molecule has 0 amide bonds. The summed E-state index contributed by atoms with van der Waals surface area (Å²) in [6.45, 7) is 4.63. The lowest BCUT2D eigenvalue weighted by Gasteiger charge is -2.35. The zero-order valence-corrected chi connectivity index (χ0v) is 13.3. The number of aliphatic imine (C=N–C) groups is 1. The molecule has 1 aliphatic heterocycles. The first kappa shape index (κ1) is 15.4. The molecule has 1 aliphatic rings. The van der Waals surface area contributed by atoms with E-state index in [4.69, 9.17) is 0 Å². The molecular weight excluding hydrogens is 290 g/mol. The minimum absolute atomic E-state index is 0.166. The highest BCUT2D eigenvalue weighted by Crippen LogP contribution is 2.16. The summed E-state index contributed by atoms with van der Waals surface area (Å²) < 4.78 is 0. The molecule has 0 aromatic carbocycles. The third-order valence-electron chi connectivity index (χ3n) is 3.94. The Morgan fingerprint density at radius 1 is 1.17 bits per heavy atom. The van der Waals surface area contributed by atoms with Crippen LogP contribution in [0.2, 0.25) is 0 Å². The Kier molecular flexibility index (Phi) is 4.83. The molecule has 0 spiro atoms. The smallest absolute Gasteiger partial charge is 0.142 e. The van der Waals surface area contributed by atoms with Crippen molar-refractivity contribution in [2.75, 3.05) is 38.1 Å². The minimum atomic E-state index is 0.166. The molecule has 3 rings (SSSR count). The molecule has 120 valence electrons. The van der Waals surface area contributed by atoms with Gasteiger partial charge in [0.25, 0.3) is 0 Å². The molecule has 2 aromatic rings. The topological polar surface area (TPSA) is 64.9 Å². The summed E-state index contributed by atoms with van der Waals surface area (Å²) >= 11 is 0. The predicted octanol–water partition coefficient (Wildman–Crippen LogP) is 1.55. The fourth-order valence-corrected chi connectivity index (χ4v) is 2.72. The van der Waals surface area contributed by atoms with Gasteiger partial charge in [0.05, 0.1) is 11.9 Å². The number of nitrogens with zero attached hydrogens (tertiary/aromatic N) is 5. The van der Waals surface area contributed by atoms with Crippen molar-refractivity contribution in [2.45, 2.75) is 6.54 Å². The van der Waals surface area contributed by atoms with Crippen LogP contribution in [0.15, 0.2) is 41.5 Å². The van der Waals surface area contributed by atoms with Gasteiger partial charge in [-0.05, 0) is 24.3 Å². The van der Waals surface area contributed by atoms with Gasteiger partial charge in [0.2, 0.25) is 0 Å². The number of aromatic nitrogens is 2. The summed E-state index contributed by atoms with van der Waals surface area (Å²) in [5, 5.41) is 9.75. The predicted molar refractivity (Wildman–Crippen MR) is 91.1 cm³/mol. The lowest BCUT2D eigenvalue weighted by atomic mass is 10.2. The Bertz CT molecular complexity index is 666. The Hall–Kier alpha value is -2.47. The van der Waals surface area contributed by atoms with Crippen molar-refractivity contribution in [1.29, 1.82) is 0 Å². The third kappa shape index (κ3) is 3.84. The van der Waals surface area contributed by atoms with Gasteiger partial charge < -0.3 is 10.0 Å². The van der Waals surface area contributed by atoms with Crippen LogP contribution >= 0.6 is 0 Å². The van der Waals surface area contributed by atoms with Crippen molar-refractivity contribution >= 4 is 12.0 Å². The van der Waals surface area contributed by atoms with E-state index in [1.165, 1.54) is 0 Å². The zero-order valence-electron chi connectivity index (χ0n) is 13.3. The van der Waals surface area contributed by atoms with Crippen LogP contribution < -0.4 is 4.90 Å². The average Bonchev–Trinajstić information content (AvgIpc) is 2.60. The summed E-state index contributed by atoms with van der Waals surface area (Å²) in [6.07, 6.45) is 3.41. The Labute approximate surface area is 136 Å². The summed E-state index contributed by atoms with van der Waals surface area (Å²) in [5.74, 6) is 1.20. The Balaban J connectivity index is 1.60. The van der Waals surface area contributed by atoms with Crippen molar-refractivity contribution in [3.05, 3.63) is 47.9 Å². The van der Waals surface area contributed by atoms with Gasteiger partial charge in [-0.2, -0.15) is 0 Å². The summed E-state index contributed by atoms with van der Waals surface area (Å²) in [4.78, 5) is 17.5. The van der Waals surface area contributed by atoms with Gasteiger partial charge in [-0.25, -0.2) is 9.97 Å². The van der Waals surface area contributed by atoms with E-state index in [0.717, 1.165) is 44.2 Å². The lowest BCUT2D eigenvalue weighted by molar-refractivity contribution is 0.246. The molecule has 6 nitrogen and oxygen atoms in total. The lowest BCUT2D eigenvalue weighted by Crippen LogP contribution is -2.46. The van der Waals surface area contributed by atoms with E-state index in [0.29, 0.717) is 5.69 Å². The van der Waals surface area contributed by atoms with Crippen LogP contribution in [0.4, 0.5) is 5.82 Å². The van der Waals surface area contributed by atoms with Crippen LogP contribution in [0.3, 0.4) is 0 Å². The Morgan fingerprint density at radius 2 is 2.00 bits per heavy atom. The van der Waals surface area contributed by atoms with Crippen LogP contribution in [0.1, 0.15) is 11.4 Å². The van der Waals surface area contributed by atoms with Crippen LogP contribution in [0.25, 0.3) is 0 Å². The molecule has 0 radical (unpaired) electrons. The SMILES string of the molecule is C/N=C/c1nc(CN2CCN(c3ccccn3)CC2)ccc1O. The van der Waals surface area contributed by atoms with Gasteiger partial charge in [-0.15, -0.1) is 0 Å². The third-order valence-corrected chi connectivity index (χ3v) is 3.94. The molecule has 6 heteroatoms. The van der Waals surface area contributed by atoms with Gasteiger partial charge in [0.15, 0.2) is 0 Å². The molecule has 3 heterocycles. The first-order valence-electron chi connectivity index (χ1n) is 7.75. The highest BCUT2D eigenvalue weighted by Gasteiger charge is 2.18. The number of aromatic hydroxyl groups is 1. The van der Waals surface area contributed by atoms with Gasteiger partial charge in [-0.1, -0.05) is 6.07 Å². The molecule has 0 aliphatic carbocycles. The number of pyridine rings is 2. The molecule has 0 unspecified atom stereocenters. The first-order valence-corrected chi connectivity index (χ1v) is 7.75. The largest absolute Gasteiger partial charge is 0.506 e. The number of piperazine rings is 1. The second kappa shape index (κ2) is 7.19. The van der Waals surface area contributed by atoms with E-state index in [9.17, 15) is 5.11 Å². The number of anilines is 1. The van der Waals surface area contributed by atoms with Crippen LogP contribution in [0, 0.1) is 0 Å². The van der Waals surface area contributed by atoms with E-state index in [1.807, 2.05) is 30.5 Å². The summed E-state index contributed by atoms with van der Waals surface area (Å²) in [5.41, 5.74) is 1.47. The van der Waals surface area contributed by atoms with Gasteiger partial charge in [-0.3, -0.25) is 9.89 Å². The maximum absolute atomic E-state index is 9.75. The molecule has 1 saturated heterocycles. The Morgan fingerprint density at radius 3 is 2.70 bits per heavy atom. The minimum Gasteiger partial charge on any atom is -0.506 e. The second-order valence-corrected chi connectivity index (χ2v) is 5.55. The highest BCUT2D eigenvalue weighted by molar-refractivity contribution is 5.80. The van der Waals surface area contributed by atoms with Crippen molar-refractivity contribution in [2.24, 2.45) is 4.99 Å². The van der Waals surface area contributed by atoms with E-state index >= 15 is 0 Å². The first-order chi connectivity index (χ1) is 11.3. The zero-order chi connectivity index (χ0) is 16.1. The van der Waals surface area contributed by atoms with Crippen LogP contribution in [0.5, 0.6) is 5.75 Å². The molecule has 0 bridgehead atoms. The van der Waals surface area contributed by atoms with E-state index in [-0.39, 0.29) is 5.75 Å². The molecule has 0 atom stereocenters. The normalized spacial score (nSPS) is 16.1. The molecular formula is C17H21N5O. The molecule has 0 saturated carbocycles. The fraction of sp³-hybridized carbons (Fsp3) is 0.353. The fourth-order valence-electron chi connectivity index (χ4n) is 2.72. The van der Waals surface area contributed by atoms with E-state index < -0.39 is 0 Å². The average molecular weight is 311 g/mol. The monoisotopic (exact) mass is 311 g/mol. The standard InChI is InChI=1S/C17H21N5O/c1-18-12-15-16(23)6-5-14(20-15)13-21-8-10-22(11-9-21)17-4-2-3-7-19-17/h2-7,12,23H,8-11,13H2,1H3/b18-12+. The molecule has 1 fully saturated rings. The number of hydrogen-bond acceptors (Lipinski definition) is 6. The van der Waals surface area contributed by atoms with Gasteiger partial charge in [0.1, 0.15) is 17.3 Å². The van der Waals surface area contributed by atoms with Crippen LogP contribution in [-0.4, -0.2) is 59.4 Å².